The minimum Gasteiger partial charge on any atom is -0.366 e. The molecule has 116 valence electrons. The SMILES string of the molecule is CC(C)c1ncc(N2CCCCC2C)c(CNC2CC2)n1. The number of piperidine rings is 1. The minimum atomic E-state index is 0.387. The van der Waals surface area contributed by atoms with Crippen LogP contribution in [0.15, 0.2) is 6.20 Å². The van der Waals surface area contributed by atoms with Crippen molar-refractivity contribution in [1.82, 2.24) is 15.3 Å². The molecular formula is C17H28N4. The van der Waals surface area contributed by atoms with Gasteiger partial charge in [0.2, 0.25) is 0 Å². The number of aromatic nitrogens is 2. The lowest BCUT2D eigenvalue weighted by molar-refractivity contribution is 0.481. The average molecular weight is 288 g/mol. The Morgan fingerprint density at radius 2 is 2.10 bits per heavy atom. The highest BCUT2D eigenvalue weighted by Gasteiger charge is 2.25. The van der Waals surface area contributed by atoms with Crippen molar-refractivity contribution in [3.8, 4) is 0 Å². The summed E-state index contributed by atoms with van der Waals surface area (Å²) in [5.41, 5.74) is 2.44. The molecule has 1 N–H and O–H groups in total. The van der Waals surface area contributed by atoms with Gasteiger partial charge in [0.15, 0.2) is 0 Å². The third kappa shape index (κ3) is 3.54. The molecule has 21 heavy (non-hydrogen) atoms. The number of nitrogens with one attached hydrogen (secondary N) is 1. The maximum atomic E-state index is 4.87. The Bertz CT molecular complexity index is 482. The topological polar surface area (TPSA) is 41.1 Å². The molecular weight excluding hydrogens is 260 g/mol. The molecule has 4 nitrogen and oxygen atoms in total. The van der Waals surface area contributed by atoms with Gasteiger partial charge >= 0.3 is 0 Å². The second-order valence-corrected chi connectivity index (χ2v) is 6.91. The van der Waals surface area contributed by atoms with Crippen molar-refractivity contribution >= 4 is 5.69 Å². The number of hydrogen-bond donors (Lipinski definition) is 1. The predicted molar refractivity (Wildman–Crippen MR) is 86.6 cm³/mol. The van der Waals surface area contributed by atoms with Gasteiger partial charge in [-0.15, -0.1) is 0 Å². The molecule has 1 aromatic rings. The van der Waals surface area contributed by atoms with Crippen molar-refractivity contribution in [2.45, 2.75) is 77.4 Å². The van der Waals surface area contributed by atoms with E-state index in [2.05, 4.69) is 42.2 Å². The Balaban J connectivity index is 1.85. The van der Waals surface area contributed by atoms with Gasteiger partial charge in [-0.3, -0.25) is 0 Å². The number of anilines is 1. The molecule has 4 heteroatoms. The average Bonchev–Trinajstić information content (AvgIpc) is 3.30. The Hall–Kier alpha value is -1.16. The molecule has 0 radical (unpaired) electrons. The van der Waals surface area contributed by atoms with Crippen LogP contribution >= 0.6 is 0 Å². The van der Waals surface area contributed by atoms with E-state index in [4.69, 9.17) is 4.98 Å². The zero-order chi connectivity index (χ0) is 14.8. The summed E-state index contributed by atoms with van der Waals surface area (Å²) < 4.78 is 0. The van der Waals surface area contributed by atoms with Gasteiger partial charge in [0.05, 0.1) is 17.6 Å². The van der Waals surface area contributed by atoms with Crippen LogP contribution in [-0.4, -0.2) is 28.6 Å². The molecule has 2 fully saturated rings. The molecule has 1 aliphatic heterocycles. The molecule has 0 aromatic carbocycles. The Morgan fingerprint density at radius 3 is 2.76 bits per heavy atom. The lowest BCUT2D eigenvalue weighted by Gasteiger charge is -2.36. The largest absolute Gasteiger partial charge is 0.366 e. The van der Waals surface area contributed by atoms with Crippen molar-refractivity contribution in [2.75, 3.05) is 11.4 Å². The van der Waals surface area contributed by atoms with E-state index in [0.717, 1.165) is 18.9 Å². The highest BCUT2D eigenvalue weighted by Crippen LogP contribution is 2.28. The fourth-order valence-corrected chi connectivity index (χ4v) is 3.06. The van der Waals surface area contributed by atoms with E-state index in [0.29, 0.717) is 18.0 Å². The second-order valence-electron chi connectivity index (χ2n) is 6.91. The molecule has 2 aliphatic rings. The molecule has 1 aromatic heterocycles. The zero-order valence-corrected chi connectivity index (χ0v) is 13.6. The first kappa shape index (κ1) is 14.8. The van der Waals surface area contributed by atoms with Gasteiger partial charge in [-0.2, -0.15) is 0 Å². The van der Waals surface area contributed by atoms with Crippen LogP contribution in [0, 0.1) is 0 Å². The highest BCUT2D eigenvalue weighted by atomic mass is 15.2. The molecule has 2 heterocycles. The highest BCUT2D eigenvalue weighted by molar-refractivity contribution is 5.50. The second kappa shape index (κ2) is 6.30. The van der Waals surface area contributed by atoms with Gasteiger partial charge in [0, 0.05) is 31.1 Å². The normalized spacial score (nSPS) is 22.9. The van der Waals surface area contributed by atoms with E-state index in [-0.39, 0.29) is 0 Å². The molecule has 1 atom stereocenters. The van der Waals surface area contributed by atoms with E-state index >= 15 is 0 Å². The van der Waals surface area contributed by atoms with E-state index in [9.17, 15) is 0 Å². The molecule has 0 spiro atoms. The van der Waals surface area contributed by atoms with Gasteiger partial charge in [-0.1, -0.05) is 13.8 Å². The van der Waals surface area contributed by atoms with Crippen LogP contribution in [0.1, 0.15) is 70.3 Å². The number of nitrogens with zero attached hydrogens (tertiary/aromatic N) is 3. The lowest BCUT2D eigenvalue weighted by atomic mass is 10.0. The first-order valence-electron chi connectivity index (χ1n) is 8.51. The Labute approximate surface area is 128 Å². The summed E-state index contributed by atoms with van der Waals surface area (Å²) in [6, 6.07) is 1.32. The third-order valence-corrected chi connectivity index (χ3v) is 4.63. The first-order valence-corrected chi connectivity index (χ1v) is 8.51. The van der Waals surface area contributed by atoms with Crippen LogP contribution in [0.25, 0.3) is 0 Å². The zero-order valence-electron chi connectivity index (χ0n) is 13.6. The molecule has 1 saturated heterocycles. The maximum Gasteiger partial charge on any atom is 0.131 e. The smallest absolute Gasteiger partial charge is 0.131 e. The van der Waals surface area contributed by atoms with E-state index < -0.39 is 0 Å². The number of rotatable bonds is 5. The Morgan fingerprint density at radius 1 is 1.29 bits per heavy atom. The van der Waals surface area contributed by atoms with E-state index in [1.807, 2.05) is 0 Å². The van der Waals surface area contributed by atoms with Crippen molar-refractivity contribution < 1.29 is 0 Å². The van der Waals surface area contributed by atoms with Crippen LogP contribution < -0.4 is 10.2 Å². The lowest BCUT2D eigenvalue weighted by Crippen LogP contribution is -2.38. The molecule has 0 amide bonds. The van der Waals surface area contributed by atoms with Gasteiger partial charge in [-0.05, 0) is 39.0 Å². The summed E-state index contributed by atoms with van der Waals surface area (Å²) in [5, 5.41) is 3.62. The third-order valence-electron chi connectivity index (χ3n) is 4.63. The van der Waals surface area contributed by atoms with Crippen molar-refractivity contribution in [3.05, 3.63) is 17.7 Å². The van der Waals surface area contributed by atoms with Gasteiger partial charge < -0.3 is 10.2 Å². The quantitative estimate of drug-likeness (QED) is 0.903. The van der Waals surface area contributed by atoms with Crippen LogP contribution in [-0.2, 0) is 6.54 Å². The van der Waals surface area contributed by atoms with Gasteiger partial charge in [-0.25, -0.2) is 9.97 Å². The standard InChI is InChI=1S/C17H28N4/c1-12(2)17-19-11-16(21-9-5-4-6-13(21)3)15(20-17)10-18-14-7-8-14/h11-14,18H,4-10H2,1-3H3. The number of hydrogen-bond acceptors (Lipinski definition) is 4. The summed E-state index contributed by atoms with van der Waals surface area (Å²) in [7, 11) is 0. The first-order chi connectivity index (χ1) is 10.1. The maximum absolute atomic E-state index is 4.87. The van der Waals surface area contributed by atoms with E-state index in [1.165, 1.54) is 43.5 Å². The predicted octanol–water partition coefficient (Wildman–Crippen LogP) is 3.23. The minimum absolute atomic E-state index is 0.387. The van der Waals surface area contributed by atoms with Crippen LogP contribution in [0.5, 0.6) is 0 Å². The Kier molecular flexibility index (Phi) is 4.43. The summed E-state index contributed by atoms with van der Waals surface area (Å²) >= 11 is 0. The van der Waals surface area contributed by atoms with Crippen LogP contribution in [0.2, 0.25) is 0 Å². The van der Waals surface area contributed by atoms with Crippen molar-refractivity contribution in [3.63, 3.8) is 0 Å². The van der Waals surface area contributed by atoms with E-state index in [1.54, 1.807) is 0 Å². The molecule has 1 saturated carbocycles. The monoisotopic (exact) mass is 288 g/mol. The summed E-state index contributed by atoms with van der Waals surface area (Å²) in [6.45, 7) is 8.67. The molecule has 0 bridgehead atoms. The fourth-order valence-electron chi connectivity index (χ4n) is 3.06. The molecule has 3 rings (SSSR count). The van der Waals surface area contributed by atoms with Gasteiger partial charge in [0.25, 0.3) is 0 Å². The van der Waals surface area contributed by atoms with Crippen LogP contribution in [0.4, 0.5) is 5.69 Å². The van der Waals surface area contributed by atoms with Gasteiger partial charge in [0.1, 0.15) is 5.82 Å². The molecule has 1 unspecified atom stereocenters. The molecule has 1 aliphatic carbocycles. The van der Waals surface area contributed by atoms with Crippen molar-refractivity contribution in [1.29, 1.82) is 0 Å². The summed E-state index contributed by atoms with van der Waals surface area (Å²) in [5.74, 6) is 1.36. The fraction of sp³-hybridized carbons (Fsp3) is 0.765. The summed E-state index contributed by atoms with van der Waals surface area (Å²) in [4.78, 5) is 12.0. The van der Waals surface area contributed by atoms with Crippen molar-refractivity contribution in [2.24, 2.45) is 0 Å². The van der Waals surface area contributed by atoms with Crippen LogP contribution in [0.3, 0.4) is 0 Å². The summed E-state index contributed by atoms with van der Waals surface area (Å²) in [6.07, 6.45) is 8.61.